The lowest BCUT2D eigenvalue weighted by molar-refractivity contribution is -0.132. The average molecular weight is 418 g/mol. The van der Waals surface area contributed by atoms with E-state index in [1.807, 2.05) is 62.1 Å². The first kappa shape index (κ1) is 19.7. The van der Waals surface area contributed by atoms with Gasteiger partial charge in [-0.15, -0.1) is 0 Å². The molecule has 31 heavy (non-hydrogen) atoms. The fourth-order valence-electron chi connectivity index (χ4n) is 5.10. The maximum Gasteiger partial charge on any atom is 0.240 e. The molecule has 3 aliphatic heterocycles. The molecule has 2 fully saturated rings. The first-order valence-corrected chi connectivity index (χ1v) is 10.4. The smallest absolute Gasteiger partial charge is 0.240 e. The number of rotatable bonds is 2. The summed E-state index contributed by atoms with van der Waals surface area (Å²) in [6.45, 7) is 5.51. The first-order valence-electron chi connectivity index (χ1n) is 10.4. The van der Waals surface area contributed by atoms with Gasteiger partial charge < -0.3 is 4.90 Å². The summed E-state index contributed by atoms with van der Waals surface area (Å²) in [5.74, 6) is -2.71. The Kier molecular flexibility index (Phi) is 4.19. The lowest BCUT2D eigenvalue weighted by atomic mass is 9.79. The van der Waals surface area contributed by atoms with Crippen LogP contribution >= 0.6 is 0 Å². The number of benzene rings is 2. The van der Waals surface area contributed by atoms with Crippen LogP contribution in [0.4, 0.5) is 15.8 Å². The average Bonchev–Trinajstić information content (AvgIpc) is 3.21. The predicted octanol–water partition coefficient (Wildman–Crippen LogP) is 3.83. The summed E-state index contributed by atoms with van der Waals surface area (Å²) in [6, 6.07) is 11.9. The first-order chi connectivity index (χ1) is 14.7. The minimum absolute atomic E-state index is 0.0720. The zero-order valence-electron chi connectivity index (χ0n) is 17.6. The van der Waals surface area contributed by atoms with Gasteiger partial charge in [-0.05, 0) is 35.9 Å². The number of Topliss-reactive ketones (excluding diaryl/α,β-unsaturated/α-hetero) is 1. The van der Waals surface area contributed by atoms with Crippen LogP contribution in [0, 0.1) is 23.1 Å². The molecule has 2 aromatic carbocycles. The minimum Gasteiger partial charge on any atom is -0.353 e. The molecule has 3 heterocycles. The van der Waals surface area contributed by atoms with Gasteiger partial charge in [-0.1, -0.05) is 51.1 Å². The molecule has 3 aliphatic rings. The number of hydrogen-bond donors (Lipinski definition) is 0. The molecule has 0 radical (unpaired) electrons. The predicted molar refractivity (Wildman–Crippen MR) is 116 cm³/mol. The molecule has 5 rings (SSSR count). The summed E-state index contributed by atoms with van der Waals surface area (Å²) in [7, 11) is 0. The van der Waals surface area contributed by atoms with Crippen LogP contribution in [0.2, 0.25) is 0 Å². The zero-order valence-corrected chi connectivity index (χ0v) is 17.6. The number of carbonyl (C=O) groups excluding carboxylic acids is 3. The van der Waals surface area contributed by atoms with Gasteiger partial charge in [-0.25, -0.2) is 9.29 Å². The fraction of sp³-hybridized carbons (Fsp3) is 0.320. The lowest BCUT2D eigenvalue weighted by Gasteiger charge is -2.38. The van der Waals surface area contributed by atoms with Gasteiger partial charge in [0.2, 0.25) is 11.8 Å². The van der Waals surface area contributed by atoms with Gasteiger partial charge in [0, 0.05) is 11.1 Å². The molecular weight excluding hydrogens is 395 g/mol. The number of fused-ring (bicyclic) bond motifs is 5. The molecule has 2 amide bonds. The Hall–Kier alpha value is -3.28. The van der Waals surface area contributed by atoms with Crippen LogP contribution < -0.4 is 9.80 Å². The van der Waals surface area contributed by atoms with Crippen molar-refractivity contribution in [1.82, 2.24) is 0 Å². The number of hydrogen-bond acceptors (Lipinski definition) is 4. The number of para-hydroxylation sites is 1. The molecule has 0 aromatic heterocycles. The molecule has 0 aliphatic carbocycles. The van der Waals surface area contributed by atoms with Crippen molar-refractivity contribution in [3.63, 3.8) is 0 Å². The monoisotopic (exact) mass is 418 g/mol. The Morgan fingerprint density at radius 2 is 1.58 bits per heavy atom. The Labute approximate surface area is 180 Å². The van der Waals surface area contributed by atoms with Crippen molar-refractivity contribution in [3.8, 4) is 0 Å². The molecule has 0 bridgehead atoms. The van der Waals surface area contributed by atoms with E-state index in [9.17, 15) is 18.8 Å². The number of anilines is 2. The summed E-state index contributed by atoms with van der Waals surface area (Å²) in [5, 5.41) is 0. The van der Waals surface area contributed by atoms with Crippen molar-refractivity contribution in [3.05, 3.63) is 66.0 Å². The highest BCUT2D eigenvalue weighted by molar-refractivity contribution is 6.25. The normalized spacial score (nSPS) is 26.7. The Morgan fingerprint density at radius 3 is 2.26 bits per heavy atom. The van der Waals surface area contributed by atoms with E-state index in [1.165, 1.54) is 24.3 Å². The molecule has 5 nitrogen and oxygen atoms in total. The molecule has 0 spiro atoms. The molecule has 2 saturated heterocycles. The summed E-state index contributed by atoms with van der Waals surface area (Å²) >= 11 is 0. The second kappa shape index (κ2) is 6.61. The number of nitrogens with zero attached hydrogens (tertiary/aromatic N) is 2. The highest BCUT2D eigenvalue weighted by Gasteiger charge is 2.64. The summed E-state index contributed by atoms with van der Waals surface area (Å²) < 4.78 is 13.4. The van der Waals surface area contributed by atoms with Gasteiger partial charge in [0.05, 0.1) is 23.6 Å². The molecule has 0 saturated carbocycles. The van der Waals surface area contributed by atoms with Crippen LogP contribution in [0.15, 0.2) is 54.6 Å². The number of ketones is 1. The topological polar surface area (TPSA) is 57.7 Å². The van der Waals surface area contributed by atoms with Crippen LogP contribution in [0.5, 0.6) is 0 Å². The van der Waals surface area contributed by atoms with E-state index in [2.05, 4.69) is 0 Å². The third kappa shape index (κ3) is 2.77. The summed E-state index contributed by atoms with van der Waals surface area (Å²) in [4.78, 5) is 43.8. The molecule has 0 N–H and O–H groups in total. The quantitative estimate of drug-likeness (QED) is 0.696. The Morgan fingerprint density at radius 1 is 0.935 bits per heavy atom. The zero-order chi connectivity index (χ0) is 22.1. The van der Waals surface area contributed by atoms with E-state index in [-0.39, 0.29) is 11.7 Å². The third-order valence-electron chi connectivity index (χ3n) is 6.51. The Bertz CT molecular complexity index is 1130. The molecule has 4 atom stereocenters. The number of halogens is 1. The van der Waals surface area contributed by atoms with Crippen LogP contribution in [0.25, 0.3) is 6.08 Å². The molecule has 2 aromatic rings. The van der Waals surface area contributed by atoms with E-state index < -0.39 is 41.1 Å². The maximum absolute atomic E-state index is 13.6. The molecule has 4 unspecified atom stereocenters. The third-order valence-corrected chi connectivity index (χ3v) is 6.51. The molecular formula is C25H23FN2O3. The van der Waals surface area contributed by atoms with Gasteiger partial charge in [0.15, 0.2) is 5.78 Å². The van der Waals surface area contributed by atoms with E-state index in [0.29, 0.717) is 5.69 Å². The van der Waals surface area contributed by atoms with E-state index in [0.717, 1.165) is 16.2 Å². The van der Waals surface area contributed by atoms with Gasteiger partial charge >= 0.3 is 0 Å². The SMILES string of the molecule is CC(C)(C)C(=O)C1C2C(=O)N(c3ccc(F)cc3)C(=O)C2C2C=Cc3ccccc3N21. The van der Waals surface area contributed by atoms with Crippen molar-refractivity contribution >= 4 is 35.0 Å². The second-order valence-corrected chi connectivity index (χ2v) is 9.41. The Balaban J connectivity index is 1.65. The van der Waals surface area contributed by atoms with Crippen LogP contribution in [0.1, 0.15) is 26.3 Å². The largest absolute Gasteiger partial charge is 0.353 e. The number of carbonyl (C=O) groups is 3. The molecule has 6 heteroatoms. The summed E-state index contributed by atoms with van der Waals surface area (Å²) in [5.41, 5.74) is 1.47. The lowest BCUT2D eigenvalue weighted by Crippen LogP contribution is -2.51. The maximum atomic E-state index is 13.6. The van der Waals surface area contributed by atoms with Crippen molar-refractivity contribution in [2.24, 2.45) is 17.3 Å². The van der Waals surface area contributed by atoms with Gasteiger partial charge in [0.25, 0.3) is 0 Å². The number of imide groups is 1. The van der Waals surface area contributed by atoms with Gasteiger partial charge in [-0.2, -0.15) is 0 Å². The van der Waals surface area contributed by atoms with Crippen LogP contribution in [-0.2, 0) is 14.4 Å². The highest BCUT2D eigenvalue weighted by atomic mass is 19.1. The van der Waals surface area contributed by atoms with E-state index in [4.69, 9.17) is 0 Å². The van der Waals surface area contributed by atoms with Gasteiger partial charge in [0.1, 0.15) is 11.9 Å². The van der Waals surface area contributed by atoms with Crippen molar-refractivity contribution < 1.29 is 18.8 Å². The summed E-state index contributed by atoms with van der Waals surface area (Å²) in [6.07, 6.45) is 3.88. The highest BCUT2D eigenvalue weighted by Crippen LogP contribution is 2.50. The number of amides is 2. The standard InChI is InChI=1S/C25H23FN2O3/c1-25(2,3)22(29)21-20-19(18-13-8-14-6-4-5-7-17(14)28(18)21)23(30)27(24(20)31)16-11-9-15(26)10-12-16/h4-13,18-21H,1-3H3. The van der Waals surface area contributed by atoms with E-state index >= 15 is 0 Å². The minimum atomic E-state index is -0.787. The van der Waals surface area contributed by atoms with Crippen LogP contribution in [0.3, 0.4) is 0 Å². The van der Waals surface area contributed by atoms with Crippen molar-refractivity contribution in [2.75, 3.05) is 9.80 Å². The van der Waals surface area contributed by atoms with E-state index in [1.54, 1.807) is 0 Å². The van der Waals surface area contributed by atoms with Crippen molar-refractivity contribution in [1.29, 1.82) is 0 Å². The van der Waals surface area contributed by atoms with Crippen LogP contribution in [-0.4, -0.2) is 29.7 Å². The fourth-order valence-corrected chi connectivity index (χ4v) is 5.10. The second-order valence-electron chi connectivity index (χ2n) is 9.41. The van der Waals surface area contributed by atoms with Gasteiger partial charge in [-0.3, -0.25) is 14.4 Å². The van der Waals surface area contributed by atoms with Crippen molar-refractivity contribution in [2.45, 2.75) is 32.9 Å². The molecule has 158 valence electrons.